The Morgan fingerprint density at radius 2 is 2.00 bits per heavy atom. The highest BCUT2D eigenvalue weighted by atomic mass is 32.1. The monoisotopic (exact) mass is 479 g/mol. The summed E-state index contributed by atoms with van der Waals surface area (Å²) in [5.41, 5.74) is 8.83. The molecule has 0 radical (unpaired) electrons. The SMILES string of the molecule is COc1cc2c(cc1NC(=O)c1sc3nc(C(F)F)cc(C4CC4)c3c1N)oc1ccccc12. The van der Waals surface area contributed by atoms with Gasteiger partial charge in [-0.05, 0) is 42.5 Å². The van der Waals surface area contributed by atoms with Gasteiger partial charge in [0.15, 0.2) is 0 Å². The Bertz CT molecular complexity index is 1600. The van der Waals surface area contributed by atoms with E-state index in [1.807, 2.05) is 30.3 Å². The van der Waals surface area contributed by atoms with Gasteiger partial charge in [-0.3, -0.25) is 4.79 Å². The first-order valence-corrected chi connectivity index (χ1v) is 11.6. The molecule has 0 spiro atoms. The van der Waals surface area contributed by atoms with Gasteiger partial charge in [0.2, 0.25) is 0 Å². The first-order chi connectivity index (χ1) is 16.4. The number of benzene rings is 2. The summed E-state index contributed by atoms with van der Waals surface area (Å²) in [4.78, 5) is 17.9. The van der Waals surface area contributed by atoms with Crippen molar-refractivity contribution in [2.45, 2.75) is 25.2 Å². The van der Waals surface area contributed by atoms with Crippen molar-refractivity contribution < 1.29 is 22.7 Å². The molecule has 1 aliphatic carbocycles. The summed E-state index contributed by atoms with van der Waals surface area (Å²) in [6.07, 6.45) is -0.872. The maximum Gasteiger partial charge on any atom is 0.280 e. The van der Waals surface area contributed by atoms with Crippen LogP contribution in [0.5, 0.6) is 5.75 Å². The molecule has 34 heavy (non-hydrogen) atoms. The molecule has 3 heterocycles. The van der Waals surface area contributed by atoms with Gasteiger partial charge in [-0.15, -0.1) is 11.3 Å². The number of para-hydroxylation sites is 1. The lowest BCUT2D eigenvalue weighted by Gasteiger charge is -2.10. The Kier molecular flexibility index (Phi) is 4.70. The van der Waals surface area contributed by atoms with Gasteiger partial charge in [-0.1, -0.05) is 18.2 Å². The van der Waals surface area contributed by atoms with Crippen LogP contribution in [-0.4, -0.2) is 18.0 Å². The number of anilines is 2. The number of hydrogen-bond donors (Lipinski definition) is 2. The third kappa shape index (κ3) is 3.27. The van der Waals surface area contributed by atoms with Gasteiger partial charge in [-0.2, -0.15) is 0 Å². The van der Waals surface area contributed by atoms with E-state index >= 15 is 0 Å². The number of aromatic nitrogens is 1. The Labute approximate surface area is 196 Å². The van der Waals surface area contributed by atoms with E-state index < -0.39 is 12.3 Å². The number of fused-ring (bicyclic) bond motifs is 4. The molecule has 9 heteroatoms. The molecular formula is C25H19F2N3O3S. The molecule has 5 aromatic rings. The van der Waals surface area contributed by atoms with Crippen LogP contribution in [-0.2, 0) is 0 Å². The highest BCUT2D eigenvalue weighted by molar-refractivity contribution is 7.21. The largest absolute Gasteiger partial charge is 0.495 e. The number of furan rings is 1. The van der Waals surface area contributed by atoms with Gasteiger partial charge in [0, 0.05) is 22.2 Å². The van der Waals surface area contributed by atoms with Crippen LogP contribution >= 0.6 is 11.3 Å². The van der Waals surface area contributed by atoms with E-state index in [1.54, 1.807) is 6.07 Å². The van der Waals surface area contributed by atoms with Crippen LogP contribution in [0.4, 0.5) is 20.2 Å². The smallest absolute Gasteiger partial charge is 0.280 e. The Balaban J connectivity index is 1.42. The molecule has 0 bridgehead atoms. The fourth-order valence-electron chi connectivity index (χ4n) is 4.36. The van der Waals surface area contributed by atoms with E-state index in [0.29, 0.717) is 27.2 Å². The van der Waals surface area contributed by atoms with Crippen LogP contribution < -0.4 is 15.8 Å². The molecule has 2 aromatic carbocycles. The third-order valence-electron chi connectivity index (χ3n) is 6.14. The number of nitrogen functional groups attached to an aromatic ring is 1. The number of rotatable bonds is 5. The normalized spacial score (nSPS) is 13.9. The number of halogens is 2. The second-order valence-corrected chi connectivity index (χ2v) is 9.34. The number of nitrogens with one attached hydrogen (secondary N) is 1. The summed E-state index contributed by atoms with van der Waals surface area (Å²) in [6.45, 7) is 0. The molecule has 0 atom stereocenters. The number of nitrogens with zero attached hydrogens (tertiary/aromatic N) is 1. The average molecular weight is 480 g/mol. The molecule has 0 unspecified atom stereocenters. The van der Waals surface area contributed by atoms with E-state index in [1.165, 1.54) is 13.2 Å². The van der Waals surface area contributed by atoms with Gasteiger partial charge in [-0.25, -0.2) is 13.8 Å². The number of alkyl halides is 2. The molecule has 1 amide bonds. The van der Waals surface area contributed by atoms with Crippen molar-refractivity contribution in [3.63, 3.8) is 0 Å². The first-order valence-electron chi connectivity index (χ1n) is 10.8. The number of carbonyl (C=O) groups excluding carboxylic acids is 1. The fourth-order valence-corrected chi connectivity index (χ4v) is 5.39. The van der Waals surface area contributed by atoms with Gasteiger partial charge in [0.05, 0.1) is 18.5 Å². The highest BCUT2D eigenvalue weighted by Gasteiger charge is 2.31. The lowest BCUT2D eigenvalue weighted by Crippen LogP contribution is -2.12. The zero-order valence-corrected chi connectivity index (χ0v) is 18.8. The number of nitrogens with two attached hydrogens (primary N) is 1. The predicted octanol–water partition coefficient (Wildman–Crippen LogP) is 6.85. The second-order valence-electron chi connectivity index (χ2n) is 8.34. The number of methoxy groups -OCH3 is 1. The number of hydrogen-bond acceptors (Lipinski definition) is 6. The minimum Gasteiger partial charge on any atom is -0.495 e. The number of amides is 1. The van der Waals surface area contributed by atoms with Crippen LogP contribution in [0.3, 0.4) is 0 Å². The lowest BCUT2D eigenvalue weighted by molar-refractivity contribution is 0.103. The topological polar surface area (TPSA) is 90.4 Å². The van der Waals surface area contributed by atoms with Gasteiger partial charge >= 0.3 is 0 Å². The highest BCUT2D eigenvalue weighted by Crippen LogP contribution is 2.48. The summed E-state index contributed by atoms with van der Waals surface area (Å²) in [5.74, 6) is 0.171. The van der Waals surface area contributed by atoms with E-state index in [0.717, 1.165) is 46.1 Å². The summed E-state index contributed by atoms with van der Waals surface area (Å²) >= 11 is 1.02. The van der Waals surface area contributed by atoms with Gasteiger partial charge < -0.3 is 20.2 Å². The molecule has 0 saturated heterocycles. The van der Waals surface area contributed by atoms with Crippen LogP contribution in [0.2, 0.25) is 0 Å². The Morgan fingerprint density at radius 3 is 2.74 bits per heavy atom. The first kappa shape index (κ1) is 20.9. The molecule has 172 valence electrons. The van der Waals surface area contributed by atoms with Gasteiger partial charge in [0.1, 0.15) is 32.3 Å². The molecule has 0 aliphatic heterocycles. The van der Waals surface area contributed by atoms with Crippen molar-refractivity contribution in [1.82, 2.24) is 4.98 Å². The fraction of sp³-hybridized carbons (Fsp3) is 0.200. The van der Waals surface area contributed by atoms with Crippen LogP contribution in [0.25, 0.3) is 32.2 Å². The standard InChI is InChI=1S/C25H19F2N3O3S/c1-32-19-9-14-12-4-2-3-5-17(12)33-18(14)10-15(19)29-24(31)22-21(28)20-13(11-6-7-11)8-16(23(26)27)30-25(20)34-22/h2-5,8-11,23H,6-7,28H2,1H3,(H,29,31). The molecule has 3 N–H and O–H groups in total. The molecule has 6 nitrogen and oxygen atoms in total. The zero-order valence-electron chi connectivity index (χ0n) is 18.0. The lowest BCUT2D eigenvalue weighted by atomic mass is 10.1. The van der Waals surface area contributed by atoms with E-state index in [9.17, 15) is 13.6 Å². The predicted molar refractivity (Wildman–Crippen MR) is 129 cm³/mol. The van der Waals surface area contributed by atoms with E-state index in [4.69, 9.17) is 14.9 Å². The van der Waals surface area contributed by atoms with E-state index in [-0.39, 0.29) is 22.2 Å². The van der Waals surface area contributed by atoms with E-state index in [2.05, 4.69) is 10.3 Å². The van der Waals surface area contributed by atoms with Gasteiger partial charge in [0.25, 0.3) is 12.3 Å². The number of ether oxygens (including phenoxy) is 1. The minimum atomic E-state index is -2.69. The van der Waals surface area contributed by atoms with Crippen LogP contribution in [0.1, 0.15) is 46.1 Å². The van der Waals surface area contributed by atoms with Crippen molar-refractivity contribution >= 4 is 60.8 Å². The Hall–Kier alpha value is -3.72. The quantitative estimate of drug-likeness (QED) is 0.288. The summed E-state index contributed by atoms with van der Waals surface area (Å²) in [6, 6.07) is 12.6. The second kappa shape index (κ2) is 7.66. The van der Waals surface area contributed by atoms with Crippen molar-refractivity contribution in [2.24, 2.45) is 0 Å². The molecule has 6 rings (SSSR count). The number of pyridine rings is 1. The summed E-state index contributed by atoms with van der Waals surface area (Å²) in [5, 5.41) is 5.25. The van der Waals surface area contributed by atoms with Crippen molar-refractivity contribution in [1.29, 1.82) is 0 Å². The van der Waals surface area contributed by atoms with Crippen LogP contribution in [0.15, 0.2) is 46.9 Å². The minimum absolute atomic E-state index is 0.173. The third-order valence-corrected chi connectivity index (χ3v) is 7.24. The summed E-state index contributed by atoms with van der Waals surface area (Å²) < 4.78 is 38.3. The van der Waals surface area contributed by atoms with Crippen molar-refractivity contribution in [2.75, 3.05) is 18.2 Å². The summed E-state index contributed by atoms with van der Waals surface area (Å²) in [7, 11) is 1.52. The zero-order chi connectivity index (χ0) is 23.6. The Morgan fingerprint density at radius 1 is 1.21 bits per heavy atom. The van der Waals surface area contributed by atoms with Crippen molar-refractivity contribution in [3.05, 3.63) is 58.6 Å². The van der Waals surface area contributed by atoms with Crippen molar-refractivity contribution in [3.8, 4) is 5.75 Å². The molecule has 1 saturated carbocycles. The average Bonchev–Trinajstić information content (AvgIpc) is 3.54. The molecule has 1 fully saturated rings. The maximum atomic E-state index is 13.4. The number of carbonyl (C=O) groups is 1. The number of thiophene rings is 1. The van der Waals surface area contributed by atoms with Crippen LogP contribution in [0, 0.1) is 0 Å². The molecular weight excluding hydrogens is 460 g/mol. The maximum absolute atomic E-state index is 13.4. The molecule has 1 aliphatic rings. The molecule has 3 aromatic heterocycles.